The molecule has 7 aromatic rings. The van der Waals surface area contributed by atoms with Crippen molar-refractivity contribution in [3.05, 3.63) is 180 Å². The number of fused-ring (bicyclic) bond motifs is 1. The van der Waals surface area contributed by atoms with E-state index in [1.165, 1.54) is 0 Å². The predicted octanol–water partition coefficient (Wildman–Crippen LogP) is 9.49. The number of hydrogen-bond acceptors (Lipinski definition) is 6. The number of aromatic nitrogens is 3. The van der Waals surface area contributed by atoms with Gasteiger partial charge in [-0.2, -0.15) is 5.10 Å². The molecule has 2 aliphatic heterocycles. The van der Waals surface area contributed by atoms with Crippen LogP contribution in [0, 0.1) is 5.41 Å². The summed E-state index contributed by atoms with van der Waals surface area (Å²) in [5, 5.41) is 6.44. The molecule has 9 rings (SSSR count). The van der Waals surface area contributed by atoms with E-state index in [9.17, 15) is 9.59 Å². The summed E-state index contributed by atoms with van der Waals surface area (Å²) in [6.07, 6.45) is 2.66. The van der Waals surface area contributed by atoms with E-state index in [2.05, 4.69) is 94.6 Å². The molecule has 0 aliphatic carbocycles. The first-order valence-electron chi connectivity index (χ1n) is 20.0. The monoisotopic (exact) mass is 767 g/mol. The van der Waals surface area contributed by atoms with Crippen LogP contribution in [0.25, 0.3) is 22.2 Å². The average molecular weight is 768 g/mol. The van der Waals surface area contributed by atoms with Gasteiger partial charge in [-0.1, -0.05) is 121 Å². The van der Waals surface area contributed by atoms with Gasteiger partial charge in [0.05, 0.1) is 17.0 Å². The highest BCUT2D eigenvalue weighted by molar-refractivity contribution is 6.04. The third kappa shape index (κ3) is 6.56. The Labute approximate surface area is 338 Å². The zero-order valence-electron chi connectivity index (χ0n) is 32.7. The van der Waals surface area contributed by atoms with Gasteiger partial charge in [0.15, 0.2) is 0 Å². The minimum Gasteiger partial charge on any atom is -0.475 e. The molecule has 0 bridgehead atoms. The fourth-order valence-electron chi connectivity index (χ4n) is 8.76. The van der Waals surface area contributed by atoms with Crippen molar-refractivity contribution in [1.29, 1.82) is 0 Å². The normalized spacial score (nSPS) is 16.8. The predicted molar refractivity (Wildman–Crippen MR) is 226 cm³/mol. The fourth-order valence-corrected chi connectivity index (χ4v) is 8.76. The van der Waals surface area contributed by atoms with Crippen LogP contribution in [0.3, 0.4) is 0 Å². The minimum absolute atomic E-state index is 0.0163. The van der Waals surface area contributed by atoms with Gasteiger partial charge in [-0.25, -0.2) is 14.5 Å². The number of ether oxygens (including phenoxy) is 2. The maximum Gasteiger partial charge on any atom is 0.410 e. The SMILES string of the molecule is CC(C)Oc1ccc(-c2nn(C(c3ccccc3)(c3ccccc3)c3ccccc3)c3ccc(N4CCC5(CCN(C(=O)OCc6ccccc6)C5)C4=O)cc23)cn1. The van der Waals surface area contributed by atoms with Crippen molar-refractivity contribution in [3.63, 3.8) is 0 Å². The summed E-state index contributed by atoms with van der Waals surface area (Å²) >= 11 is 0. The average Bonchev–Trinajstić information content (AvgIpc) is 3.97. The Morgan fingerprint density at radius 2 is 1.36 bits per heavy atom. The minimum atomic E-state index is -0.869. The summed E-state index contributed by atoms with van der Waals surface area (Å²) in [5.41, 5.74) is 5.80. The Kier molecular flexibility index (Phi) is 9.73. The van der Waals surface area contributed by atoms with Crippen LogP contribution in [0.4, 0.5) is 10.5 Å². The number of amides is 2. The van der Waals surface area contributed by atoms with Gasteiger partial charge in [0.25, 0.3) is 0 Å². The second-order valence-corrected chi connectivity index (χ2v) is 15.5. The third-order valence-electron chi connectivity index (χ3n) is 11.6. The fraction of sp³-hybridized carbons (Fsp3) is 0.224. The lowest BCUT2D eigenvalue weighted by atomic mass is 9.77. The number of carbonyl (C=O) groups excluding carboxylic acids is 2. The Hall–Kier alpha value is -6.74. The standard InChI is InChI=1S/C49H45N5O4/c1-35(2)58-44-26-23-37(32-50-44)45-42-31-41(53-30-28-48(46(53)55)27-29-52(34-48)47(56)57-33-36-15-7-3-8-16-36)24-25-43(42)54(51-45)49(38-17-9-4-10-18-38,39-19-11-5-12-20-39)40-21-13-6-14-22-40/h3-26,31-32,35H,27-30,33-34H2,1-2H3. The van der Waals surface area contributed by atoms with Crippen LogP contribution >= 0.6 is 0 Å². The van der Waals surface area contributed by atoms with Crippen molar-refractivity contribution < 1.29 is 19.1 Å². The largest absolute Gasteiger partial charge is 0.475 e. The lowest BCUT2D eigenvalue weighted by Crippen LogP contribution is -2.39. The van der Waals surface area contributed by atoms with E-state index in [4.69, 9.17) is 14.6 Å². The molecule has 58 heavy (non-hydrogen) atoms. The molecule has 2 aliphatic rings. The molecule has 0 saturated carbocycles. The number of pyridine rings is 1. The molecule has 2 aromatic heterocycles. The van der Waals surface area contributed by atoms with Crippen molar-refractivity contribution >= 4 is 28.6 Å². The van der Waals surface area contributed by atoms with Gasteiger partial charge < -0.3 is 19.3 Å². The van der Waals surface area contributed by atoms with Gasteiger partial charge in [-0.3, -0.25) is 4.79 Å². The van der Waals surface area contributed by atoms with Crippen molar-refractivity contribution in [2.24, 2.45) is 5.41 Å². The molecule has 1 atom stereocenters. The van der Waals surface area contributed by atoms with E-state index in [-0.39, 0.29) is 24.7 Å². The number of benzene rings is 5. The Morgan fingerprint density at radius 3 is 1.95 bits per heavy atom. The molecule has 0 N–H and O–H groups in total. The molecule has 2 amide bonds. The second kappa shape index (κ2) is 15.3. The number of rotatable bonds is 10. The number of nitrogens with zero attached hydrogens (tertiary/aromatic N) is 5. The summed E-state index contributed by atoms with van der Waals surface area (Å²) in [6.45, 7) is 5.52. The lowest BCUT2D eigenvalue weighted by molar-refractivity contribution is -0.124. The molecule has 9 heteroatoms. The van der Waals surface area contributed by atoms with Crippen LogP contribution in [0.5, 0.6) is 5.88 Å². The van der Waals surface area contributed by atoms with Crippen LogP contribution in [0.2, 0.25) is 0 Å². The molecule has 290 valence electrons. The van der Waals surface area contributed by atoms with E-state index in [0.717, 1.165) is 50.1 Å². The highest BCUT2D eigenvalue weighted by Gasteiger charge is 2.52. The van der Waals surface area contributed by atoms with Gasteiger partial charge >= 0.3 is 6.09 Å². The molecule has 4 heterocycles. The van der Waals surface area contributed by atoms with Crippen LogP contribution < -0.4 is 9.64 Å². The van der Waals surface area contributed by atoms with Gasteiger partial charge in [0.2, 0.25) is 11.8 Å². The van der Waals surface area contributed by atoms with Crippen molar-refractivity contribution in [3.8, 4) is 17.1 Å². The van der Waals surface area contributed by atoms with Crippen molar-refractivity contribution in [1.82, 2.24) is 19.7 Å². The first-order chi connectivity index (χ1) is 28.4. The van der Waals surface area contributed by atoms with Crippen LogP contribution in [-0.2, 0) is 21.7 Å². The maximum absolute atomic E-state index is 14.5. The van der Waals surface area contributed by atoms with Crippen LogP contribution in [-0.4, -0.2) is 57.4 Å². The summed E-state index contributed by atoms with van der Waals surface area (Å²) in [4.78, 5) is 35.9. The first-order valence-corrected chi connectivity index (χ1v) is 20.0. The second-order valence-electron chi connectivity index (χ2n) is 15.5. The number of hydrogen-bond donors (Lipinski definition) is 0. The van der Waals surface area contributed by atoms with E-state index >= 15 is 0 Å². The van der Waals surface area contributed by atoms with Crippen molar-refractivity contribution in [2.45, 2.75) is 44.9 Å². The molecule has 2 fully saturated rings. The summed E-state index contributed by atoms with van der Waals surface area (Å²) < 4.78 is 13.7. The van der Waals surface area contributed by atoms with E-state index in [1.54, 1.807) is 4.90 Å². The van der Waals surface area contributed by atoms with Crippen LogP contribution in [0.1, 0.15) is 48.9 Å². The molecule has 1 unspecified atom stereocenters. The highest BCUT2D eigenvalue weighted by atomic mass is 16.6. The summed E-state index contributed by atoms with van der Waals surface area (Å²) in [7, 11) is 0. The maximum atomic E-state index is 14.5. The topological polar surface area (TPSA) is 89.8 Å². The van der Waals surface area contributed by atoms with E-state index < -0.39 is 11.0 Å². The van der Waals surface area contributed by atoms with Gasteiger partial charge in [0.1, 0.15) is 17.8 Å². The molecule has 1 spiro atoms. The van der Waals surface area contributed by atoms with E-state index in [1.807, 2.05) is 91.7 Å². The van der Waals surface area contributed by atoms with E-state index in [0.29, 0.717) is 38.4 Å². The summed E-state index contributed by atoms with van der Waals surface area (Å²) in [6, 6.07) is 51.2. The third-order valence-corrected chi connectivity index (χ3v) is 11.6. The number of carbonyl (C=O) groups is 2. The molecule has 0 radical (unpaired) electrons. The molecular weight excluding hydrogens is 723 g/mol. The Morgan fingerprint density at radius 1 is 0.759 bits per heavy atom. The van der Waals surface area contributed by atoms with Crippen LogP contribution in [0.15, 0.2) is 158 Å². The summed E-state index contributed by atoms with van der Waals surface area (Å²) in [5.74, 6) is 0.570. The highest BCUT2D eigenvalue weighted by Crippen LogP contribution is 2.46. The Balaban J connectivity index is 1.14. The van der Waals surface area contributed by atoms with Gasteiger partial charge in [-0.05, 0) is 73.2 Å². The zero-order valence-corrected chi connectivity index (χ0v) is 32.7. The molecule has 2 saturated heterocycles. The number of anilines is 1. The zero-order chi connectivity index (χ0) is 39.7. The van der Waals surface area contributed by atoms with Gasteiger partial charge in [-0.15, -0.1) is 0 Å². The quantitative estimate of drug-likeness (QED) is 0.129. The number of likely N-dealkylation sites (tertiary alicyclic amines) is 1. The van der Waals surface area contributed by atoms with Crippen molar-refractivity contribution in [2.75, 3.05) is 24.5 Å². The molecule has 5 aromatic carbocycles. The molecular formula is C49H45N5O4. The Bertz CT molecular complexity index is 2450. The molecule has 9 nitrogen and oxygen atoms in total. The smallest absolute Gasteiger partial charge is 0.410 e. The first kappa shape index (κ1) is 36.9. The van der Waals surface area contributed by atoms with Gasteiger partial charge in [0, 0.05) is 48.5 Å². The lowest BCUT2D eigenvalue weighted by Gasteiger charge is -2.37.